The minimum atomic E-state index is 0.276. The van der Waals surface area contributed by atoms with Gasteiger partial charge < -0.3 is 32.3 Å². The zero-order valence-corrected chi connectivity index (χ0v) is 22.5. The maximum atomic E-state index is 8.97. The number of amidine groups is 1. The van der Waals surface area contributed by atoms with Crippen LogP contribution in [-0.2, 0) is 0 Å². The van der Waals surface area contributed by atoms with Crippen LogP contribution in [0.15, 0.2) is 35.0 Å². The number of aliphatic imine (C=N–C) groups is 1. The van der Waals surface area contributed by atoms with E-state index in [1.807, 2.05) is 6.07 Å². The number of allylic oxidation sites excluding steroid dienone is 1. The first-order valence-corrected chi connectivity index (χ1v) is 13.8. The van der Waals surface area contributed by atoms with Crippen molar-refractivity contribution in [3.63, 3.8) is 0 Å². The third-order valence-electron chi connectivity index (χ3n) is 7.86. The molecule has 5 rings (SSSR count). The first-order valence-electron chi connectivity index (χ1n) is 13.8. The minimum absolute atomic E-state index is 0.276. The fraction of sp³-hybridized carbons (Fsp3) is 0.571. The molecule has 10 heteroatoms. The van der Waals surface area contributed by atoms with Crippen LogP contribution >= 0.6 is 0 Å². The topological polar surface area (TPSA) is 153 Å². The van der Waals surface area contributed by atoms with Crippen molar-refractivity contribution in [1.29, 1.82) is 5.26 Å². The number of aromatic nitrogens is 2. The van der Waals surface area contributed by atoms with Crippen LogP contribution in [0.3, 0.4) is 0 Å². The molecule has 1 aromatic carbocycles. The third kappa shape index (κ3) is 6.52. The molecular formula is C28H40N10. The van der Waals surface area contributed by atoms with Gasteiger partial charge in [-0.3, -0.25) is 0 Å². The minimum Gasteiger partial charge on any atom is -0.402 e. The van der Waals surface area contributed by atoms with Gasteiger partial charge in [0.1, 0.15) is 5.84 Å². The van der Waals surface area contributed by atoms with Gasteiger partial charge in [0.2, 0.25) is 5.95 Å². The monoisotopic (exact) mass is 516 g/mol. The second-order valence-electron chi connectivity index (χ2n) is 11.4. The lowest BCUT2D eigenvalue weighted by molar-refractivity contribution is 0.144. The number of hydrogen-bond acceptors (Lipinski definition) is 9. The van der Waals surface area contributed by atoms with Crippen molar-refractivity contribution in [2.75, 3.05) is 37.3 Å². The van der Waals surface area contributed by atoms with E-state index in [-0.39, 0.29) is 6.04 Å². The van der Waals surface area contributed by atoms with E-state index in [2.05, 4.69) is 51.1 Å². The largest absolute Gasteiger partial charge is 0.402 e. The second kappa shape index (κ2) is 11.5. The highest BCUT2D eigenvalue weighted by Crippen LogP contribution is 2.34. The number of nitriles is 1. The van der Waals surface area contributed by atoms with Crippen molar-refractivity contribution in [2.45, 2.75) is 63.6 Å². The fourth-order valence-electron chi connectivity index (χ4n) is 6.27. The number of fused-ring (bicyclic) bond motifs is 3. The third-order valence-corrected chi connectivity index (χ3v) is 7.86. The SMILES string of the molecule is C/C(N)=C/C(N)=Nc1nc(NC2C[C@H]3CC(CCC#N)C[C@@H](C2)N3)nc2cc(NCC3CN(C)C3)ccc12. The average molecular weight is 517 g/mol. The summed E-state index contributed by atoms with van der Waals surface area (Å²) in [7, 11) is 2.15. The second-order valence-corrected chi connectivity index (χ2v) is 11.4. The van der Waals surface area contributed by atoms with Crippen molar-refractivity contribution in [2.24, 2.45) is 28.3 Å². The summed E-state index contributed by atoms with van der Waals surface area (Å²) in [6.45, 7) is 4.97. The Morgan fingerprint density at radius 1 is 1.18 bits per heavy atom. The highest BCUT2D eigenvalue weighted by atomic mass is 15.2. The first-order chi connectivity index (χ1) is 18.3. The molecule has 1 aromatic heterocycles. The molecule has 7 N–H and O–H groups in total. The Balaban J connectivity index is 1.36. The molecule has 4 heterocycles. The van der Waals surface area contributed by atoms with Gasteiger partial charge >= 0.3 is 0 Å². The molecule has 10 nitrogen and oxygen atoms in total. The van der Waals surface area contributed by atoms with Gasteiger partial charge in [-0.15, -0.1) is 0 Å². The predicted octanol–water partition coefficient (Wildman–Crippen LogP) is 3.07. The summed E-state index contributed by atoms with van der Waals surface area (Å²) in [4.78, 5) is 16.6. The molecule has 202 valence electrons. The van der Waals surface area contributed by atoms with Crippen LogP contribution in [0.2, 0.25) is 0 Å². The normalized spacial score (nSPS) is 26.6. The van der Waals surface area contributed by atoms with Gasteiger partial charge in [-0.25, -0.2) is 9.98 Å². The molecule has 2 aromatic rings. The van der Waals surface area contributed by atoms with E-state index in [1.54, 1.807) is 13.0 Å². The number of nitrogens with two attached hydrogens (primary N) is 2. The molecule has 2 unspecified atom stereocenters. The summed E-state index contributed by atoms with van der Waals surface area (Å²) < 4.78 is 0. The number of piperidine rings is 2. The highest BCUT2D eigenvalue weighted by Gasteiger charge is 2.35. The Hall–Kier alpha value is -3.42. The molecule has 3 aliphatic heterocycles. The molecule has 3 saturated heterocycles. The van der Waals surface area contributed by atoms with Crippen LogP contribution in [-0.4, -0.2) is 65.5 Å². The molecule has 0 amide bonds. The van der Waals surface area contributed by atoms with Crippen LogP contribution in [0.25, 0.3) is 10.9 Å². The molecule has 0 saturated carbocycles. The molecular weight excluding hydrogens is 476 g/mol. The van der Waals surface area contributed by atoms with Crippen LogP contribution < -0.4 is 27.4 Å². The quantitative estimate of drug-likeness (QED) is 0.250. The Morgan fingerprint density at radius 2 is 1.95 bits per heavy atom. The maximum Gasteiger partial charge on any atom is 0.225 e. The molecule has 0 spiro atoms. The molecule has 0 radical (unpaired) electrons. The maximum absolute atomic E-state index is 8.97. The van der Waals surface area contributed by atoms with Gasteiger partial charge in [-0.1, -0.05) is 0 Å². The average Bonchev–Trinajstić information content (AvgIpc) is 2.83. The van der Waals surface area contributed by atoms with E-state index in [4.69, 9.17) is 26.7 Å². The lowest BCUT2D eigenvalue weighted by atomic mass is 9.77. The Bertz CT molecular complexity index is 1220. The zero-order valence-electron chi connectivity index (χ0n) is 22.5. The number of benzene rings is 1. The van der Waals surface area contributed by atoms with Crippen molar-refractivity contribution in [1.82, 2.24) is 20.2 Å². The molecule has 0 aliphatic carbocycles. The number of nitrogens with zero attached hydrogens (tertiary/aromatic N) is 5. The smallest absolute Gasteiger partial charge is 0.225 e. The highest BCUT2D eigenvalue weighted by molar-refractivity contribution is 5.98. The summed E-state index contributed by atoms with van der Waals surface area (Å²) in [6, 6.07) is 9.62. The van der Waals surface area contributed by atoms with Crippen molar-refractivity contribution in [3.05, 3.63) is 30.0 Å². The van der Waals surface area contributed by atoms with Gasteiger partial charge in [-0.05, 0) is 76.3 Å². The van der Waals surface area contributed by atoms with Gasteiger partial charge in [0.25, 0.3) is 0 Å². The Morgan fingerprint density at radius 3 is 2.63 bits per heavy atom. The molecule has 2 bridgehead atoms. The fourth-order valence-corrected chi connectivity index (χ4v) is 6.27. The van der Waals surface area contributed by atoms with Crippen molar-refractivity contribution in [3.8, 4) is 6.07 Å². The van der Waals surface area contributed by atoms with Crippen molar-refractivity contribution < 1.29 is 0 Å². The number of rotatable bonds is 9. The molecule has 3 fully saturated rings. The lowest BCUT2D eigenvalue weighted by Gasteiger charge is -2.43. The van der Waals surface area contributed by atoms with E-state index >= 15 is 0 Å². The molecule has 4 atom stereocenters. The van der Waals surface area contributed by atoms with Crippen LogP contribution in [0.1, 0.15) is 45.4 Å². The van der Waals surface area contributed by atoms with Gasteiger partial charge in [-0.2, -0.15) is 10.2 Å². The van der Waals surface area contributed by atoms with Gasteiger partial charge in [0.15, 0.2) is 5.82 Å². The number of nitrogens with one attached hydrogen (secondary N) is 3. The summed E-state index contributed by atoms with van der Waals surface area (Å²) >= 11 is 0. The predicted molar refractivity (Wildman–Crippen MR) is 153 cm³/mol. The number of anilines is 2. The van der Waals surface area contributed by atoms with Gasteiger partial charge in [0, 0.05) is 66.9 Å². The summed E-state index contributed by atoms with van der Waals surface area (Å²) in [6.07, 6.45) is 7.56. The Labute approximate surface area is 225 Å². The standard InChI is InChI=1S/C28H40N10/c1-17(30)8-26(31)36-27-24-6-5-20(32-14-19-15-38(2)16-19)13-25(24)35-28(37-27)34-23-11-21-9-18(4-3-7-29)10-22(12-23)33-21/h5-6,8,13,18-19,21-23,32-33H,3-4,9-12,14-16,30H2,1-2H3,(H3,31,34,35,36,37)/b17-8-/t18?,21-,22+,23?. The first kappa shape index (κ1) is 26.2. The Kier molecular flexibility index (Phi) is 7.95. The van der Waals surface area contributed by atoms with E-state index in [9.17, 15) is 0 Å². The molecule has 3 aliphatic rings. The van der Waals surface area contributed by atoms with E-state index < -0.39 is 0 Å². The van der Waals surface area contributed by atoms with Crippen LogP contribution in [0.4, 0.5) is 17.5 Å². The lowest BCUT2D eigenvalue weighted by Crippen LogP contribution is -2.54. The number of hydrogen-bond donors (Lipinski definition) is 5. The van der Waals surface area contributed by atoms with E-state index in [0.717, 1.165) is 68.3 Å². The van der Waals surface area contributed by atoms with Gasteiger partial charge in [0.05, 0.1) is 11.6 Å². The molecule has 38 heavy (non-hydrogen) atoms. The van der Waals surface area contributed by atoms with E-state index in [1.165, 1.54) is 0 Å². The zero-order chi connectivity index (χ0) is 26.6. The van der Waals surface area contributed by atoms with Crippen LogP contribution in [0.5, 0.6) is 0 Å². The summed E-state index contributed by atoms with van der Waals surface area (Å²) in [5, 5.41) is 20.8. The van der Waals surface area contributed by atoms with Crippen molar-refractivity contribution >= 4 is 34.2 Å². The van der Waals surface area contributed by atoms with E-state index in [0.29, 0.717) is 53.6 Å². The summed E-state index contributed by atoms with van der Waals surface area (Å²) in [5.41, 5.74) is 14.4. The number of likely N-dealkylation sites (tertiary alicyclic amines) is 1. The summed E-state index contributed by atoms with van der Waals surface area (Å²) in [5.74, 6) is 2.72. The van der Waals surface area contributed by atoms with Crippen LogP contribution in [0, 0.1) is 23.2 Å².